The van der Waals surface area contributed by atoms with Gasteiger partial charge in [-0.3, -0.25) is 4.90 Å². The van der Waals surface area contributed by atoms with Crippen molar-refractivity contribution < 1.29 is 4.39 Å². The van der Waals surface area contributed by atoms with E-state index in [4.69, 9.17) is 11.5 Å². The Bertz CT molecular complexity index is 852. The zero-order chi connectivity index (χ0) is 16.7. The predicted molar refractivity (Wildman–Crippen MR) is 95.4 cm³/mol. The Hall–Kier alpha value is -2.63. The summed E-state index contributed by atoms with van der Waals surface area (Å²) in [6.45, 7) is 0. The smallest absolute Gasteiger partial charge is 0.220 e. The third kappa shape index (κ3) is 2.38. The van der Waals surface area contributed by atoms with Crippen molar-refractivity contribution in [2.75, 3.05) is 4.90 Å². The normalized spacial score (nSPS) is 20.1. The van der Waals surface area contributed by atoms with Crippen molar-refractivity contribution in [3.05, 3.63) is 42.2 Å². The number of rotatable bonds is 1. The fourth-order valence-corrected chi connectivity index (χ4v) is 3.84. The Labute approximate surface area is 139 Å². The third-order valence-electron chi connectivity index (χ3n) is 4.90. The van der Waals surface area contributed by atoms with Crippen LogP contribution in [0.15, 0.2) is 46.4 Å². The van der Waals surface area contributed by atoms with Gasteiger partial charge < -0.3 is 11.5 Å². The molecule has 2 aromatic carbocycles. The quantitative estimate of drug-likeness (QED) is 0.845. The number of fused-ring (bicyclic) bond motifs is 1. The van der Waals surface area contributed by atoms with Gasteiger partial charge in [-0.2, -0.15) is 4.99 Å². The van der Waals surface area contributed by atoms with Crippen molar-refractivity contribution >= 4 is 28.4 Å². The Morgan fingerprint density at radius 1 is 0.958 bits per heavy atom. The lowest BCUT2D eigenvalue weighted by molar-refractivity contribution is 0.305. The van der Waals surface area contributed by atoms with E-state index in [9.17, 15) is 4.39 Å². The van der Waals surface area contributed by atoms with E-state index in [0.717, 1.165) is 42.1 Å². The molecule has 0 aromatic heterocycles. The van der Waals surface area contributed by atoms with Gasteiger partial charge in [0.2, 0.25) is 11.9 Å². The molecule has 1 saturated carbocycles. The number of hydrogen-bond donors (Lipinski definition) is 2. The molecule has 4 rings (SSSR count). The molecule has 24 heavy (non-hydrogen) atoms. The number of aliphatic imine (C=N–C) groups is 2. The second kappa shape index (κ2) is 5.47. The van der Waals surface area contributed by atoms with E-state index in [-0.39, 0.29) is 11.8 Å². The van der Waals surface area contributed by atoms with E-state index >= 15 is 0 Å². The van der Waals surface area contributed by atoms with Crippen LogP contribution in [0.3, 0.4) is 0 Å². The Balaban J connectivity index is 1.83. The van der Waals surface area contributed by atoms with Gasteiger partial charge in [0.1, 0.15) is 11.5 Å². The lowest BCUT2D eigenvalue weighted by atomic mass is 9.87. The van der Waals surface area contributed by atoms with E-state index < -0.39 is 5.66 Å². The van der Waals surface area contributed by atoms with Gasteiger partial charge in [-0.05, 0) is 60.7 Å². The average Bonchev–Trinajstić information content (AvgIpc) is 2.55. The summed E-state index contributed by atoms with van der Waals surface area (Å²) in [5.41, 5.74) is 12.6. The summed E-state index contributed by atoms with van der Waals surface area (Å²) in [7, 11) is 0. The van der Waals surface area contributed by atoms with Crippen LogP contribution in [0, 0.1) is 5.82 Å². The topological polar surface area (TPSA) is 80.0 Å². The molecule has 1 heterocycles. The summed E-state index contributed by atoms with van der Waals surface area (Å²) in [5.74, 6) is 0.370. The van der Waals surface area contributed by atoms with E-state index in [1.165, 1.54) is 18.6 Å². The van der Waals surface area contributed by atoms with Gasteiger partial charge in [-0.1, -0.05) is 18.6 Å². The van der Waals surface area contributed by atoms with Crippen LogP contribution in [0.1, 0.15) is 32.1 Å². The van der Waals surface area contributed by atoms with Crippen LogP contribution in [-0.2, 0) is 0 Å². The van der Waals surface area contributed by atoms with Crippen LogP contribution >= 0.6 is 0 Å². The standard InChI is InChI=1S/C18H20FN5/c19-14-6-4-13-11-15(7-5-12(13)10-14)24-17(21)22-16(20)23-18(24)8-2-1-3-9-18/h4-7,10-11H,1-3,8-9H2,(H4,20,21,22,23). The van der Waals surface area contributed by atoms with Crippen LogP contribution in [0.2, 0.25) is 0 Å². The molecule has 0 amide bonds. The molecular formula is C18H20FN5. The minimum Gasteiger partial charge on any atom is -0.369 e. The van der Waals surface area contributed by atoms with Gasteiger partial charge in [-0.25, -0.2) is 9.38 Å². The predicted octanol–water partition coefficient (Wildman–Crippen LogP) is 3.09. The monoisotopic (exact) mass is 325 g/mol. The highest BCUT2D eigenvalue weighted by Gasteiger charge is 2.42. The number of nitrogens with two attached hydrogens (primary N) is 2. The van der Waals surface area contributed by atoms with Crippen molar-refractivity contribution in [3.8, 4) is 0 Å². The van der Waals surface area contributed by atoms with Crippen LogP contribution in [0.25, 0.3) is 10.8 Å². The van der Waals surface area contributed by atoms with Crippen molar-refractivity contribution in [1.29, 1.82) is 0 Å². The Kier molecular flexibility index (Phi) is 3.40. The summed E-state index contributed by atoms with van der Waals surface area (Å²) in [4.78, 5) is 10.8. The maximum atomic E-state index is 13.4. The summed E-state index contributed by atoms with van der Waals surface area (Å²) >= 11 is 0. The third-order valence-corrected chi connectivity index (χ3v) is 4.90. The average molecular weight is 325 g/mol. The van der Waals surface area contributed by atoms with Gasteiger partial charge in [0, 0.05) is 5.69 Å². The molecule has 1 spiro atoms. The number of guanidine groups is 2. The van der Waals surface area contributed by atoms with Crippen molar-refractivity contribution in [3.63, 3.8) is 0 Å². The molecule has 0 atom stereocenters. The van der Waals surface area contributed by atoms with E-state index in [1.54, 1.807) is 6.07 Å². The molecule has 0 unspecified atom stereocenters. The Morgan fingerprint density at radius 3 is 2.46 bits per heavy atom. The van der Waals surface area contributed by atoms with E-state index in [0.29, 0.717) is 5.96 Å². The van der Waals surface area contributed by atoms with Gasteiger partial charge in [-0.15, -0.1) is 0 Å². The second-order valence-corrected chi connectivity index (χ2v) is 6.49. The lowest BCUT2D eigenvalue weighted by Gasteiger charge is -2.45. The molecule has 1 aliphatic carbocycles. The van der Waals surface area contributed by atoms with Gasteiger partial charge in [0.05, 0.1) is 0 Å². The van der Waals surface area contributed by atoms with Crippen molar-refractivity contribution in [2.45, 2.75) is 37.8 Å². The number of nitrogens with zero attached hydrogens (tertiary/aromatic N) is 3. The zero-order valence-corrected chi connectivity index (χ0v) is 13.4. The van der Waals surface area contributed by atoms with Crippen molar-refractivity contribution in [1.82, 2.24) is 0 Å². The molecule has 2 aliphatic rings. The molecule has 124 valence electrons. The molecule has 2 aromatic rings. The molecule has 0 radical (unpaired) electrons. The first-order valence-corrected chi connectivity index (χ1v) is 8.26. The van der Waals surface area contributed by atoms with E-state index in [2.05, 4.69) is 9.98 Å². The summed E-state index contributed by atoms with van der Waals surface area (Å²) < 4.78 is 13.4. The summed E-state index contributed by atoms with van der Waals surface area (Å²) in [6.07, 6.45) is 5.15. The highest BCUT2D eigenvalue weighted by atomic mass is 19.1. The van der Waals surface area contributed by atoms with Gasteiger partial charge >= 0.3 is 0 Å². The van der Waals surface area contributed by atoms with Gasteiger partial charge in [0.15, 0.2) is 0 Å². The fourth-order valence-electron chi connectivity index (χ4n) is 3.84. The summed E-state index contributed by atoms with van der Waals surface area (Å²) in [6, 6.07) is 10.6. The number of hydrogen-bond acceptors (Lipinski definition) is 5. The highest BCUT2D eigenvalue weighted by Crippen LogP contribution is 2.40. The molecule has 1 aliphatic heterocycles. The lowest BCUT2D eigenvalue weighted by Crippen LogP contribution is -2.58. The molecule has 0 bridgehead atoms. The zero-order valence-electron chi connectivity index (χ0n) is 13.4. The first-order valence-electron chi connectivity index (χ1n) is 8.26. The minimum atomic E-state index is -0.456. The van der Waals surface area contributed by atoms with E-state index in [1.807, 2.05) is 23.1 Å². The molecule has 0 saturated heterocycles. The van der Waals surface area contributed by atoms with Crippen LogP contribution in [0.4, 0.5) is 10.1 Å². The Morgan fingerprint density at radius 2 is 1.67 bits per heavy atom. The van der Waals surface area contributed by atoms with Crippen LogP contribution in [-0.4, -0.2) is 17.6 Å². The second-order valence-electron chi connectivity index (χ2n) is 6.49. The SMILES string of the molecule is NC1=NC2(CCCCC2)N(c2ccc3cc(F)ccc3c2)C(N)=N1. The number of halogens is 1. The molecule has 1 fully saturated rings. The maximum Gasteiger partial charge on any atom is 0.220 e. The molecule has 5 nitrogen and oxygen atoms in total. The highest BCUT2D eigenvalue weighted by molar-refractivity contribution is 6.06. The largest absolute Gasteiger partial charge is 0.369 e. The van der Waals surface area contributed by atoms with Crippen molar-refractivity contribution in [2.24, 2.45) is 21.5 Å². The fraction of sp³-hybridized carbons (Fsp3) is 0.333. The minimum absolute atomic E-state index is 0.240. The van der Waals surface area contributed by atoms with Crippen LogP contribution < -0.4 is 16.4 Å². The van der Waals surface area contributed by atoms with Gasteiger partial charge in [0.25, 0.3) is 0 Å². The molecular weight excluding hydrogens is 305 g/mol. The first kappa shape index (κ1) is 14.9. The first-order chi connectivity index (χ1) is 11.6. The summed E-state index contributed by atoms with van der Waals surface area (Å²) in [5, 5.41) is 1.81. The molecule has 6 heteroatoms. The number of anilines is 1. The van der Waals surface area contributed by atoms with Crippen LogP contribution in [0.5, 0.6) is 0 Å². The molecule has 4 N–H and O–H groups in total. The number of benzene rings is 2. The maximum absolute atomic E-state index is 13.4.